The van der Waals surface area contributed by atoms with Crippen LogP contribution in [0.2, 0.25) is 0 Å². The molecule has 1 aliphatic heterocycles. The van der Waals surface area contributed by atoms with E-state index in [1.165, 1.54) is 12.1 Å². The zero-order valence-electron chi connectivity index (χ0n) is 17.8. The molecule has 1 aliphatic rings. The average Bonchev–Trinajstić information content (AvgIpc) is 3.17. The second kappa shape index (κ2) is 9.16. The summed E-state index contributed by atoms with van der Waals surface area (Å²) in [6.07, 6.45) is -2.86. The van der Waals surface area contributed by atoms with Gasteiger partial charge in [-0.05, 0) is 49.6 Å². The van der Waals surface area contributed by atoms with Gasteiger partial charge in [-0.3, -0.25) is 9.69 Å². The van der Waals surface area contributed by atoms with E-state index < -0.39 is 11.7 Å². The van der Waals surface area contributed by atoms with Crippen LogP contribution in [0.15, 0.2) is 60.7 Å². The van der Waals surface area contributed by atoms with Gasteiger partial charge in [0.15, 0.2) is 5.69 Å². The number of aromatic nitrogens is 2. The lowest BCUT2D eigenvalue weighted by molar-refractivity contribution is -0.137. The molecular weight excluding hydrogens is 417 g/mol. The van der Waals surface area contributed by atoms with Gasteiger partial charge >= 0.3 is 6.18 Å². The van der Waals surface area contributed by atoms with Gasteiger partial charge in [0.05, 0.1) is 11.3 Å². The molecular formula is C24H25F3N4O. The molecule has 8 heteroatoms. The zero-order chi connectivity index (χ0) is 22.7. The monoisotopic (exact) mass is 442 g/mol. The van der Waals surface area contributed by atoms with Crippen molar-refractivity contribution >= 4 is 5.91 Å². The van der Waals surface area contributed by atoms with Gasteiger partial charge < -0.3 is 5.32 Å². The Balaban J connectivity index is 1.31. The van der Waals surface area contributed by atoms with E-state index in [0.717, 1.165) is 30.3 Å². The molecule has 3 aromatic rings. The Morgan fingerprint density at radius 1 is 1.06 bits per heavy atom. The Kier molecular flexibility index (Phi) is 6.32. The summed E-state index contributed by atoms with van der Waals surface area (Å²) in [5, 5.41) is 7.50. The highest BCUT2D eigenvalue weighted by Crippen LogP contribution is 2.30. The smallest absolute Gasteiger partial charge is 0.348 e. The highest BCUT2D eigenvalue weighted by molar-refractivity contribution is 5.92. The number of piperidine rings is 1. The molecule has 1 N–H and O–H groups in total. The molecule has 1 aromatic heterocycles. The summed E-state index contributed by atoms with van der Waals surface area (Å²) in [6.45, 7) is 3.78. The summed E-state index contributed by atoms with van der Waals surface area (Å²) < 4.78 is 40.5. The molecule has 2 heterocycles. The van der Waals surface area contributed by atoms with Crippen molar-refractivity contribution in [2.75, 3.05) is 13.1 Å². The molecule has 0 atom stereocenters. The van der Waals surface area contributed by atoms with Crippen molar-refractivity contribution in [1.29, 1.82) is 0 Å². The number of aryl methyl sites for hydroxylation is 1. The van der Waals surface area contributed by atoms with Crippen LogP contribution < -0.4 is 5.32 Å². The second-order valence-electron chi connectivity index (χ2n) is 8.14. The summed E-state index contributed by atoms with van der Waals surface area (Å²) in [5.41, 5.74) is 2.16. The minimum Gasteiger partial charge on any atom is -0.348 e. The number of alkyl halides is 3. The van der Waals surface area contributed by atoms with Crippen molar-refractivity contribution in [2.45, 2.75) is 38.5 Å². The van der Waals surface area contributed by atoms with Crippen molar-refractivity contribution in [1.82, 2.24) is 20.0 Å². The lowest BCUT2D eigenvalue weighted by atomic mass is 10.0. The predicted molar refractivity (Wildman–Crippen MR) is 116 cm³/mol. The van der Waals surface area contributed by atoms with Crippen molar-refractivity contribution in [3.63, 3.8) is 0 Å². The summed E-state index contributed by atoms with van der Waals surface area (Å²) in [6, 6.07) is 16.9. The minimum absolute atomic E-state index is 0.0161. The quantitative estimate of drug-likeness (QED) is 0.629. The van der Waals surface area contributed by atoms with Gasteiger partial charge in [0, 0.05) is 31.4 Å². The number of hydrogen-bond acceptors (Lipinski definition) is 3. The second-order valence-corrected chi connectivity index (χ2v) is 8.14. The molecule has 1 fully saturated rings. The van der Waals surface area contributed by atoms with Gasteiger partial charge in [-0.15, -0.1) is 0 Å². The van der Waals surface area contributed by atoms with Crippen LogP contribution in [0.3, 0.4) is 0 Å². The number of nitrogens with zero attached hydrogens (tertiary/aromatic N) is 3. The highest BCUT2D eigenvalue weighted by atomic mass is 19.4. The van der Waals surface area contributed by atoms with Gasteiger partial charge in [0.25, 0.3) is 5.91 Å². The first-order valence-corrected chi connectivity index (χ1v) is 10.6. The van der Waals surface area contributed by atoms with Crippen molar-refractivity contribution < 1.29 is 18.0 Å². The van der Waals surface area contributed by atoms with E-state index in [2.05, 4.69) is 15.3 Å². The van der Waals surface area contributed by atoms with Gasteiger partial charge in [-0.25, -0.2) is 4.68 Å². The number of amides is 1. The first-order chi connectivity index (χ1) is 15.3. The number of halogens is 3. The van der Waals surface area contributed by atoms with Gasteiger partial charge in [-0.1, -0.05) is 36.4 Å². The third-order valence-electron chi connectivity index (χ3n) is 5.70. The standard InChI is InChI=1S/C24H25F3N4O/c1-17-14-22(29-31(17)21-8-3-2-4-9-21)23(32)28-20-10-12-30(13-11-20)16-18-6-5-7-19(15-18)24(25,26)27/h2-9,14-15,20H,10-13,16H2,1H3,(H,28,32). The maximum Gasteiger partial charge on any atom is 0.416 e. The fourth-order valence-electron chi connectivity index (χ4n) is 4.01. The van der Waals surface area contributed by atoms with Crippen molar-refractivity contribution in [3.05, 3.63) is 83.2 Å². The topological polar surface area (TPSA) is 50.2 Å². The number of likely N-dealkylation sites (tertiary alicyclic amines) is 1. The van der Waals surface area contributed by atoms with Crippen LogP contribution in [0, 0.1) is 6.92 Å². The number of rotatable bonds is 5. The molecule has 0 unspecified atom stereocenters. The van der Waals surface area contributed by atoms with Crippen molar-refractivity contribution in [2.24, 2.45) is 0 Å². The zero-order valence-corrected chi connectivity index (χ0v) is 17.8. The summed E-state index contributed by atoms with van der Waals surface area (Å²) in [5.74, 6) is -0.209. The van der Waals surface area contributed by atoms with Crippen LogP contribution >= 0.6 is 0 Å². The number of carbonyl (C=O) groups excluding carboxylic acids is 1. The first-order valence-electron chi connectivity index (χ1n) is 10.6. The average molecular weight is 442 g/mol. The normalized spacial score (nSPS) is 15.6. The summed E-state index contributed by atoms with van der Waals surface area (Å²) in [4.78, 5) is 14.8. The molecule has 0 aliphatic carbocycles. The fraction of sp³-hybridized carbons (Fsp3) is 0.333. The number of benzene rings is 2. The number of nitrogens with one attached hydrogen (secondary N) is 1. The van der Waals surface area contributed by atoms with Crippen molar-refractivity contribution in [3.8, 4) is 5.69 Å². The van der Waals surface area contributed by atoms with Crippen LogP contribution in [0.1, 0.15) is 40.2 Å². The lowest BCUT2D eigenvalue weighted by Gasteiger charge is -2.32. The van der Waals surface area contributed by atoms with Gasteiger partial charge in [0.1, 0.15) is 0 Å². The first kappa shape index (κ1) is 22.1. The molecule has 32 heavy (non-hydrogen) atoms. The molecule has 1 amide bonds. The Morgan fingerprint density at radius 3 is 2.47 bits per heavy atom. The third-order valence-corrected chi connectivity index (χ3v) is 5.70. The van der Waals surface area contributed by atoms with Gasteiger partial charge in [-0.2, -0.15) is 18.3 Å². The highest BCUT2D eigenvalue weighted by Gasteiger charge is 2.30. The largest absolute Gasteiger partial charge is 0.416 e. The van der Waals surface area contributed by atoms with Crippen LogP contribution in [-0.2, 0) is 12.7 Å². The predicted octanol–water partition coefficient (Wildman–Crippen LogP) is 4.59. The Morgan fingerprint density at radius 2 is 1.78 bits per heavy atom. The van der Waals surface area contributed by atoms with E-state index >= 15 is 0 Å². The van der Waals surface area contributed by atoms with E-state index in [1.807, 2.05) is 37.3 Å². The molecule has 5 nitrogen and oxygen atoms in total. The Labute approximate surface area is 184 Å². The SMILES string of the molecule is Cc1cc(C(=O)NC2CCN(Cc3cccc(C(F)(F)F)c3)CC2)nn1-c1ccccc1. The number of carbonyl (C=O) groups is 1. The number of hydrogen-bond donors (Lipinski definition) is 1. The summed E-state index contributed by atoms with van der Waals surface area (Å²) >= 11 is 0. The maximum absolute atomic E-state index is 12.9. The fourth-order valence-corrected chi connectivity index (χ4v) is 4.01. The molecule has 0 spiro atoms. The van der Waals surface area contributed by atoms with Crippen LogP contribution in [0.5, 0.6) is 0 Å². The van der Waals surface area contributed by atoms with Gasteiger partial charge in [0.2, 0.25) is 0 Å². The van der Waals surface area contributed by atoms with E-state index in [-0.39, 0.29) is 11.9 Å². The molecule has 1 saturated heterocycles. The summed E-state index contributed by atoms with van der Waals surface area (Å²) in [7, 11) is 0. The molecule has 0 bridgehead atoms. The molecule has 2 aromatic carbocycles. The van der Waals surface area contributed by atoms with E-state index in [9.17, 15) is 18.0 Å². The minimum atomic E-state index is -4.33. The third kappa shape index (κ3) is 5.19. The van der Waals surface area contributed by atoms with Crippen LogP contribution in [0.4, 0.5) is 13.2 Å². The molecule has 0 radical (unpaired) electrons. The Hall–Kier alpha value is -3.13. The van der Waals surface area contributed by atoms with E-state index in [0.29, 0.717) is 30.9 Å². The molecule has 0 saturated carbocycles. The number of para-hydroxylation sites is 1. The maximum atomic E-state index is 12.9. The van der Waals surface area contributed by atoms with Crippen LogP contribution in [-0.4, -0.2) is 39.7 Å². The molecule has 4 rings (SSSR count). The lowest BCUT2D eigenvalue weighted by Crippen LogP contribution is -2.44. The van der Waals surface area contributed by atoms with E-state index in [1.54, 1.807) is 16.8 Å². The molecule has 168 valence electrons. The van der Waals surface area contributed by atoms with Crippen LogP contribution in [0.25, 0.3) is 5.69 Å². The van der Waals surface area contributed by atoms with E-state index in [4.69, 9.17) is 0 Å². The Bertz CT molecular complexity index is 1070.